The van der Waals surface area contributed by atoms with Gasteiger partial charge in [-0.2, -0.15) is 4.98 Å². The van der Waals surface area contributed by atoms with E-state index in [0.29, 0.717) is 23.8 Å². The van der Waals surface area contributed by atoms with Crippen molar-refractivity contribution in [1.29, 1.82) is 0 Å². The van der Waals surface area contributed by atoms with Crippen molar-refractivity contribution in [2.75, 3.05) is 6.54 Å². The van der Waals surface area contributed by atoms with Crippen LogP contribution in [0.15, 0.2) is 22.7 Å². The van der Waals surface area contributed by atoms with Crippen LogP contribution in [0.4, 0.5) is 8.78 Å². The molecule has 2 rings (SSSR count). The van der Waals surface area contributed by atoms with Gasteiger partial charge in [0.05, 0.1) is 5.41 Å². The number of benzene rings is 1. The van der Waals surface area contributed by atoms with E-state index in [2.05, 4.69) is 10.1 Å². The maximum absolute atomic E-state index is 13.6. The maximum Gasteiger partial charge on any atom is 0.233 e. The van der Waals surface area contributed by atoms with Gasteiger partial charge in [-0.15, -0.1) is 0 Å². The van der Waals surface area contributed by atoms with Gasteiger partial charge >= 0.3 is 0 Å². The minimum absolute atomic E-state index is 0.153. The maximum atomic E-state index is 13.6. The zero-order chi connectivity index (χ0) is 14.8. The van der Waals surface area contributed by atoms with Gasteiger partial charge in [0.15, 0.2) is 5.82 Å². The zero-order valence-corrected chi connectivity index (χ0v) is 11.5. The third-order valence-corrected chi connectivity index (χ3v) is 3.58. The van der Waals surface area contributed by atoms with E-state index in [1.165, 1.54) is 12.1 Å². The second-order valence-electron chi connectivity index (χ2n) is 5.05. The van der Waals surface area contributed by atoms with Crippen LogP contribution in [0.5, 0.6) is 0 Å². The first kappa shape index (κ1) is 14.6. The Morgan fingerprint density at radius 1 is 1.35 bits per heavy atom. The minimum Gasteiger partial charge on any atom is -0.339 e. The smallest absolute Gasteiger partial charge is 0.233 e. The molecular weight excluding hydrogens is 264 g/mol. The summed E-state index contributed by atoms with van der Waals surface area (Å²) >= 11 is 0. The predicted octanol–water partition coefficient (Wildman–Crippen LogP) is 2.57. The Kier molecular flexibility index (Phi) is 4.13. The molecule has 0 spiro atoms. The van der Waals surface area contributed by atoms with E-state index in [4.69, 9.17) is 10.3 Å². The number of hydrogen-bond acceptors (Lipinski definition) is 4. The number of halogens is 2. The second-order valence-corrected chi connectivity index (χ2v) is 5.05. The molecule has 1 unspecified atom stereocenters. The van der Waals surface area contributed by atoms with Crippen LogP contribution in [-0.2, 0) is 11.8 Å². The van der Waals surface area contributed by atoms with E-state index in [0.717, 1.165) is 12.5 Å². The third-order valence-electron chi connectivity index (χ3n) is 3.58. The fourth-order valence-electron chi connectivity index (χ4n) is 1.79. The summed E-state index contributed by atoms with van der Waals surface area (Å²) in [6.45, 7) is 4.30. The fraction of sp³-hybridized carbons (Fsp3) is 0.429. The molecule has 0 aliphatic heterocycles. The van der Waals surface area contributed by atoms with Crippen molar-refractivity contribution in [2.45, 2.75) is 32.1 Å². The molecule has 0 aliphatic carbocycles. The number of hydrogen-bond donors (Lipinski definition) is 1. The van der Waals surface area contributed by atoms with E-state index in [1.54, 1.807) is 0 Å². The zero-order valence-electron chi connectivity index (χ0n) is 11.5. The highest BCUT2D eigenvalue weighted by Gasteiger charge is 2.29. The lowest BCUT2D eigenvalue weighted by molar-refractivity contribution is 0.289. The van der Waals surface area contributed by atoms with Crippen LogP contribution in [-0.4, -0.2) is 16.7 Å². The fourth-order valence-corrected chi connectivity index (χ4v) is 1.79. The molecule has 6 heteroatoms. The molecule has 0 amide bonds. The van der Waals surface area contributed by atoms with Crippen molar-refractivity contribution < 1.29 is 13.3 Å². The first-order valence-electron chi connectivity index (χ1n) is 6.45. The Morgan fingerprint density at radius 3 is 2.70 bits per heavy atom. The van der Waals surface area contributed by atoms with Crippen molar-refractivity contribution in [3.05, 3.63) is 47.1 Å². The summed E-state index contributed by atoms with van der Waals surface area (Å²) in [5.74, 6) is -0.422. The third kappa shape index (κ3) is 2.85. The molecule has 108 valence electrons. The summed E-state index contributed by atoms with van der Waals surface area (Å²) < 4.78 is 31.6. The molecule has 1 aromatic carbocycles. The van der Waals surface area contributed by atoms with Crippen LogP contribution < -0.4 is 5.73 Å². The molecule has 0 aliphatic rings. The summed E-state index contributed by atoms with van der Waals surface area (Å²) in [5.41, 5.74) is 5.66. The first-order chi connectivity index (χ1) is 9.48. The largest absolute Gasteiger partial charge is 0.339 e. The van der Waals surface area contributed by atoms with Gasteiger partial charge in [0.25, 0.3) is 0 Å². The molecule has 0 fully saturated rings. The molecular formula is C14H17F2N3O. The molecule has 2 N–H and O–H groups in total. The molecule has 0 saturated heterocycles. The first-order valence-corrected chi connectivity index (χ1v) is 6.45. The van der Waals surface area contributed by atoms with Crippen LogP contribution in [0.3, 0.4) is 0 Å². The van der Waals surface area contributed by atoms with Gasteiger partial charge in [-0.25, -0.2) is 8.78 Å². The lowest BCUT2D eigenvalue weighted by Gasteiger charge is -2.20. The Hall–Kier alpha value is -1.82. The summed E-state index contributed by atoms with van der Waals surface area (Å²) in [6, 6.07) is 3.42. The number of rotatable bonds is 5. The second kappa shape index (κ2) is 5.66. The quantitative estimate of drug-likeness (QED) is 0.914. The molecule has 0 bridgehead atoms. The number of nitrogens with zero attached hydrogens (tertiary/aromatic N) is 2. The van der Waals surface area contributed by atoms with Gasteiger partial charge in [0.1, 0.15) is 11.6 Å². The summed E-state index contributed by atoms with van der Waals surface area (Å²) in [4.78, 5) is 4.26. The topological polar surface area (TPSA) is 64.9 Å². The molecule has 0 saturated carbocycles. The molecule has 1 heterocycles. The van der Waals surface area contributed by atoms with E-state index >= 15 is 0 Å². The van der Waals surface area contributed by atoms with E-state index in [-0.39, 0.29) is 11.8 Å². The summed E-state index contributed by atoms with van der Waals surface area (Å²) in [6.07, 6.45) is 0.913. The Balaban J connectivity index is 2.21. The highest BCUT2D eigenvalue weighted by Crippen LogP contribution is 2.25. The van der Waals surface area contributed by atoms with Gasteiger partial charge in [-0.3, -0.25) is 0 Å². The van der Waals surface area contributed by atoms with Crippen LogP contribution in [0.25, 0.3) is 0 Å². The van der Waals surface area contributed by atoms with Crippen LogP contribution in [0.1, 0.15) is 37.5 Å². The molecule has 0 radical (unpaired) electrons. The van der Waals surface area contributed by atoms with Crippen LogP contribution in [0, 0.1) is 11.6 Å². The van der Waals surface area contributed by atoms with Crippen molar-refractivity contribution in [1.82, 2.24) is 10.1 Å². The van der Waals surface area contributed by atoms with Gasteiger partial charge in [-0.05, 0) is 25.0 Å². The monoisotopic (exact) mass is 281 g/mol. The van der Waals surface area contributed by atoms with E-state index in [1.807, 2.05) is 13.8 Å². The average molecular weight is 281 g/mol. The van der Waals surface area contributed by atoms with Crippen molar-refractivity contribution in [3.63, 3.8) is 0 Å². The molecule has 2 aromatic rings. The van der Waals surface area contributed by atoms with Crippen LogP contribution in [0.2, 0.25) is 0 Å². The molecule has 4 nitrogen and oxygen atoms in total. The molecule has 1 atom stereocenters. The lowest BCUT2D eigenvalue weighted by Crippen LogP contribution is -2.31. The normalized spacial score (nSPS) is 14.2. The van der Waals surface area contributed by atoms with E-state index in [9.17, 15) is 8.78 Å². The molecule has 20 heavy (non-hydrogen) atoms. The minimum atomic E-state index is -0.617. The van der Waals surface area contributed by atoms with Crippen molar-refractivity contribution in [2.24, 2.45) is 5.73 Å². The van der Waals surface area contributed by atoms with Gasteiger partial charge < -0.3 is 10.3 Å². The predicted molar refractivity (Wildman–Crippen MR) is 70.2 cm³/mol. The molecule has 1 aromatic heterocycles. The van der Waals surface area contributed by atoms with Crippen molar-refractivity contribution >= 4 is 0 Å². The Morgan fingerprint density at radius 2 is 2.10 bits per heavy atom. The van der Waals surface area contributed by atoms with Gasteiger partial charge in [-0.1, -0.05) is 18.1 Å². The van der Waals surface area contributed by atoms with E-state index < -0.39 is 11.6 Å². The average Bonchev–Trinajstić information content (AvgIpc) is 2.90. The van der Waals surface area contributed by atoms with Crippen molar-refractivity contribution in [3.8, 4) is 0 Å². The van der Waals surface area contributed by atoms with Gasteiger partial charge in [0, 0.05) is 19.0 Å². The Labute approximate surface area is 116 Å². The standard InChI is InChI=1S/C14H17F2N3O/c1-3-14(2,8-17)13-18-12(19-20-13)6-9-4-5-10(15)7-11(9)16/h4-5,7H,3,6,8,17H2,1-2H3. The SMILES string of the molecule is CCC(C)(CN)c1nc(Cc2ccc(F)cc2F)no1. The number of aromatic nitrogens is 2. The highest BCUT2D eigenvalue weighted by molar-refractivity contribution is 5.22. The lowest BCUT2D eigenvalue weighted by atomic mass is 9.88. The van der Waals surface area contributed by atoms with Gasteiger partial charge in [0.2, 0.25) is 5.89 Å². The Bertz CT molecular complexity index is 594. The number of nitrogens with two attached hydrogens (primary N) is 1. The summed E-state index contributed by atoms with van der Waals surface area (Å²) in [5, 5.41) is 3.83. The van der Waals surface area contributed by atoms with Crippen LogP contribution >= 0.6 is 0 Å². The summed E-state index contributed by atoms with van der Waals surface area (Å²) in [7, 11) is 0. The highest BCUT2D eigenvalue weighted by atomic mass is 19.1.